The number of benzene rings is 2. The van der Waals surface area contributed by atoms with Crippen molar-refractivity contribution in [2.45, 2.75) is 39.7 Å². The Kier molecular flexibility index (Phi) is 13.7. The maximum atomic E-state index is 12.7. The lowest BCUT2D eigenvalue weighted by molar-refractivity contribution is -0.697. The van der Waals surface area contributed by atoms with Gasteiger partial charge in [-0.1, -0.05) is 56.7 Å². The van der Waals surface area contributed by atoms with Crippen molar-refractivity contribution in [3.8, 4) is 5.75 Å². The van der Waals surface area contributed by atoms with Crippen LogP contribution in [0.1, 0.15) is 43.5 Å². The van der Waals surface area contributed by atoms with Crippen LogP contribution in [0.4, 0.5) is 4.79 Å². The summed E-state index contributed by atoms with van der Waals surface area (Å²) in [7, 11) is 0. The molecule has 1 N–H and O–H groups in total. The number of nitrogens with zero attached hydrogens (tertiary/aromatic N) is 2. The molecule has 0 aliphatic heterocycles. The molecule has 0 radical (unpaired) electrons. The molecule has 0 saturated heterocycles. The highest BCUT2D eigenvalue weighted by Gasteiger charge is 2.16. The second kappa shape index (κ2) is 16.4. The van der Waals surface area contributed by atoms with Crippen LogP contribution in [0.5, 0.6) is 5.75 Å². The third-order valence-corrected chi connectivity index (χ3v) is 6.09. The van der Waals surface area contributed by atoms with Crippen molar-refractivity contribution in [2.75, 3.05) is 32.8 Å². The minimum atomic E-state index is -0.400. The number of unbranched alkanes of at least 4 members (excludes halogenated alkanes) is 1. The molecule has 0 saturated carbocycles. The van der Waals surface area contributed by atoms with Crippen molar-refractivity contribution in [2.24, 2.45) is 0 Å². The average molecular weight is 684 g/mol. The Labute approximate surface area is 244 Å². The van der Waals surface area contributed by atoms with Gasteiger partial charge in [0.05, 0.1) is 17.6 Å². The molecule has 0 aliphatic rings. The van der Waals surface area contributed by atoms with E-state index in [0.29, 0.717) is 25.3 Å². The minimum absolute atomic E-state index is 0. The average Bonchev–Trinajstić information content (AvgIpc) is 2.88. The maximum Gasteiger partial charge on any atom is 0.409 e. The molecular formula is C28H35BrIN3O4. The van der Waals surface area contributed by atoms with Crippen LogP contribution in [0.15, 0.2) is 65.4 Å². The van der Waals surface area contributed by atoms with Crippen molar-refractivity contribution in [1.82, 2.24) is 10.2 Å². The molecule has 9 heteroatoms. The first-order chi connectivity index (χ1) is 17.5. The van der Waals surface area contributed by atoms with Gasteiger partial charge in [-0.25, -0.2) is 9.36 Å². The number of carbonyl (C=O) groups excluding carboxylic acids is 2. The standard InChI is InChI=1S/C28H34BrN3O4.HI/c1-3-5-15-32(16-18-35-26-12-8-10-22-9-6-7-11-25(22)26)28(34)36-17-13-30-27(33)23-19-24(29)21-31(20-23)14-4-2;/h6-12,19-21H,3-5,13-18H2,1-2H3;1H. The monoisotopic (exact) mass is 683 g/mol. The van der Waals surface area contributed by atoms with E-state index in [9.17, 15) is 9.59 Å². The van der Waals surface area contributed by atoms with Gasteiger partial charge in [-0.15, -0.1) is 0 Å². The molecule has 7 nitrogen and oxygen atoms in total. The summed E-state index contributed by atoms with van der Waals surface area (Å²) in [5.74, 6) is 0.593. The summed E-state index contributed by atoms with van der Waals surface area (Å²) in [5.41, 5.74) is 0.555. The highest BCUT2D eigenvalue weighted by Crippen LogP contribution is 2.25. The predicted octanol–water partition coefficient (Wildman–Crippen LogP) is 2.35. The number of carbonyl (C=O) groups is 2. The number of nitrogens with one attached hydrogen (secondary N) is 1. The summed E-state index contributed by atoms with van der Waals surface area (Å²) in [4.78, 5) is 26.9. The zero-order valence-corrected chi connectivity index (χ0v) is 25.2. The van der Waals surface area contributed by atoms with E-state index in [2.05, 4.69) is 35.1 Å². The third-order valence-electron chi connectivity index (χ3n) is 5.65. The molecule has 2 aromatic carbocycles. The van der Waals surface area contributed by atoms with Crippen LogP contribution in [0.3, 0.4) is 0 Å². The lowest BCUT2D eigenvalue weighted by Crippen LogP contribution is -3.00. The fourth-order valence-electron chi connectivity index (χ4n) is 3.84. The number of ether oxygens (including phenoxy) is 2. The Bertz CT molecular complexity index is 1160. The van der Waals surface area contributed by atoms with Gasteiger partial charge < -0.3 is 43.7 Å². The largest absolute Gasteiger partial charge is 1.00 e. The number of pyridine rings is 1. The third kappa shape index (κ3) is 9.77. The number of aryl methyl sites for hydroxylation is 1. The lowest BCUT2D eigenvalue weighted by atomic mass is 10.1. The molecule has 200 valence electrons. The Balaban J connectivity index is 0.00000481. The van der Waals surface area contributed by atoms with Crippen molar-refractivity contribution < 1.29 is 47.6 Å². The van der Waals surface area contributed by atoms with E-state index in [4.69, 9.17) is 9.47 Å². The van der Waals surface area contributed by atoms with E-state index >= 15 is 0 Å². The van der Waals surface area contributed by atoms with E-state index in [1.165, 1.54) is 0 Å². The molecule has 1 heterocycles. The number of rotatable bonds is 13. The van der Waals surface area contributed by atoms with Crippen LogP contribution >= 0.6 is 15.9 Å². The van der Waals surface area contributed by atoms with Crippen molar-refractivity contribution in [1.29, 1.82) is 0 Å². The molecule has 37 heavy (non-hydrogen) atoms. The second-order valence-electron chi connectivity index (χ2n) is 8.52. The van der Waals surface area contributed by atoms with Gasteiger partial charge >= 0.3 is 6.09 Å². The number of fused-ring (bicyclic) bond motifs is 1. The Hall–Kier alpha value is -2.40. The van der Waals surface area contributed by atoms with Crippen LogP contribution in [-0.2, 0) is 11.3 Å². The van der Waals surface area contributed by atoms with E-state index < -0.39 is 6.09 Å². The molecule has 1 aromatic heterocycles. The van der Waals surface area contributed by atoms with Crippen LogP contribution in [0.25, 0.3) is 10.8 Å². The number of hydrogen-bond donors (Lipinski definition) is 1. The maximum absolute atomic E-state index is 12.7. The highest BCUT2D eigenvalue weighted by molar-refractivity contribution is 9.10. The number of hydrogen-bond acceptors (Lipinski definition) is 4. The molecule has 0 spiro atoms. The molecule has 0 fully saturated rings. The molecule has 3 aromatic rings. The van der Waals surface area contributed by atoms with E-state index in [0.717, 1.165) is 46.8 Å². The van der Waals surface area contributed by atoms with Gasteiger partial charge in [0.15, 0.2) is 12.4 Å². The molecule has 0 atom stereocenters. The van der Waals surface area contributed by atoms with Gasteiger partial charge in [0, 0.05) is 18.4 Å². The first-order valence-corrected chi connectivity index (χ1v) is 13.3. The van der Waals surface area contributed by atoms with Gasteiger partial charge in [0.2, 0.25) is 0 Å². The molecule has 0 unspecified atom stereocenters. The summed E-state index contributed by atoms with van der Waals surface area (Å²) >= 11 is 3.45. The summed E-state index contributed by atoms with van der Waals surface area (Å²) < 4.78 is 14.3. The topological polar surface area (TPSA) is 71.8 Å². The summed E-state index contributed by atoms with van der Waals surface area (Å²) in [5, 5.41) is 4.98. The normalized spacial score (nSPS) is 10.5. The van der Waals surface area contributed by atoms with Gasteiger partial charge in [0.25, 0.3) is 5.91 Å². The van der Waals surface area contributed by atoms with Crippen LogP contribution in [0.2, 0.25) is 0 Å². The molecule has 2 amide bonds. The lowest BCUT2D eigenvalue weighted by Gasteiger charge is -2.22. The van der Waals surface area contributed by atoms with Gasteiger partial charge in [0.1, 0.15) is 31.1 Å². The van der Waals surface area contributed by atoms with Crippen molar-refractivity contribution in [3.05, 3.63) is 71.0 Å². The zero-order valence-electron chi connectivity index (χ0n) is 21.4. The van der Waals surface area contributed by atoms with E-state index in [1.807, 2.05) is 59.4 Å². The summed E-state index contributed by atoms with van der Waals surface area (Å²) in [6.07, 6.45) is 6.17. The van der Waals surface area contributed by atoms with Crippen molar-refractivity contribution in [3.63, 3.8) is 0 Å². The second-order valence-corrected chi connectivity index (χ2v) is 9.43. The Morgan fingerprint density at radius 3 is 2.57 bits per heavy atom. The SMILES string of the molecule is CCCCN(CCOc1cccc2ccccc12)C(=O)OCCNC(=O)c1cc(Br)c[n+](CCC)c1.[I-]. The quantitative estimate of drug-likeness (QED) is 0.171. The fraction of sp³-hybridized carbons (Fsp3) is 0.393. The number of amides is 2. The smallest absolute Gasteiger partial charge is 0.409 e. The van der Waals surface area contributed by atoms with Crippen LogP contribution in [0, 0.1) is 0 Å². The van der Waals surface area contributed by atoms with Gasteiger partial charge in [-0.05, 0) is 39.9 Å². The zero-order chi connectivity index (χ0) is 25.8. The molecular weight excluding hydrogens is 649 g/mol. The first kappa shape index (κ1) is 30.8. The van der Waals surface area contributed by atoms with E-state index in [-0.39, 0.29) is 43.0 Å². The molecule has 0 aliphatic carbocycles. The number of halogens is 2. The molecule has 3 rings (SSSR count). The first-order valence-electron chi connectivity index (χ1n) is 12.5. The van der Waals surface area contributed by atoms with Gasteiger partial charge in [-0.2, -0.15) is 0 Å². The highest BCUT2D eigenvalue weighted by atomic mass is 127. The molecule has 0 bridgehead atoms. The Morgan fingerprint density at radius 2 is 1.78 bits per heavy atom. The Morgan fingerprint density at radius 1 is 1.00 bits per heavy atom. The summed E-state index contributed by atoms with van der Waals surface area (Å²) in [6, 6.07) is 15.8. The summed E-state index contributed by atoms with van der Waals surface area (Å²) in [6.45, 7) is 6.71. The predicted molar refractivity (Wildman–Crippen MR) is 144 cm³/mol. The van der Waals surface area contributed by atoms with Crippen LogP contribution < -0.4 is 38.6 Å². The van der Waals surface area contributed by atoms with E-state index in [1.54, 1.807) is 11.0 Å². The van der Waals surface area contributed by atoms with Crippen molar-refractivity contribution >= 4 is 38.7 Å². The minimum Gasteiger partial charge on any atom is -1.00 e. The van der Waals surface area contributed by atoms with Crippen LogP contribution in [-0.4, -0.2) is 49.7 Å². The fourth-order valence-corrected chi connectivity index (χ4v) is 4.35. The van der Waals surface area contributed by atoms with Gasteiger partial charge in [-0.3, -0.25) is 4.79 Å². The number of aromatic nitrogens is 1.